The predicted molar refractivity (Wildman–Crippen MR) is 110 cm³/mol. The van der Waals surface area contributed by atoms with Gasteiger partial charge in [0.1, 0.15) is 0 Å². The van der Waals surface area contributed by atoms with Crippen LogP contribution in [0.4, 0.5) is 0 Å². The van der Waals surface area contributed by atoms with E-state index in [0.717, 1.165) is 48.1 Å². The highest BCUT2D eigenvalue weighted by atomic mass is 16.7. The van der Waals surface area contributed by atoms with Gasteiger partial charge in [0.2, 0.25) is 0 Å². The van der Waals surface area contributed by atoms with Crippen molar-refractivity contribution in [1.29, 1.82) is 0 Å². The summed E-state index contributed by atoms with van der Waals surface area (Å²) in [7, 11) is 0. The Kier molecular flexibility index (Phi) is 7.24. The first kappa shape index (κ1) is 21.0. The number of benzene rings is 2. The first-order chi connectivity index (χ1) is 13.4. The van der Waals surface area contributed by atoms with E-state index in [-0.39, 0.29) is 6.29 Å². The molecule has 28 heavy (non-hydrogen) atoms. The van der Waals surface area contributed by atoms with Crippen molar-refractivity contribution in [2.24, 2.45) is 0 Å². The van der Waals surface area contributed by atoms with E-state index < -0.39 is 11.7 Å². The lowest BCUT2D eigenvalue weighted by molar-refractivity contribution is -0.168. The molecule has 4 nitrogen and oxygen atoms in total. The fourth-order valence-corrected chi connectivity index (χ4v) is 3.72. The van der Waals surface area contributed by atoms with Crippen LogP contribution in [0.3, 0.4) is 0 Å². The summed E-state index contributed by atoms with van der Waals surface area (Å²) in [5, 5.41) is 21.1. The number of aryl methyl sites for hydroxylation is 1. The second-order valence-electron chi connectivity index (χ2n) is 8.12. The van der Waals surface area contributed by atoms with Gasteiger partial charge in [0.25, 0.3) is 0 Å². The normalized spacial score (nSPS) is 18.8. The highest BCUT2D eigenvalue weighted by molar-refractivity contribution is 5.32. The van der Waals surface area contributed by atoms with E-state index in [9.17, 15) is 10.2 Å². The maximum Gasteiger partial charge on any atom is 0.158 e. The third-order valence-corrected chi connectivity index (χ3v) is 5.27. The van der Waals surface area contributed by atoms with Gasteiger partial charge in [-0.25, -0.2) is 0 Å². The van der Waals surface area contributed by atoms with Crippen LogP contribution in [0, 0.1) is 0 Å². The summed E-state index contributed by atoms with van der Waals surface area (Å²) in [6.45, 7) is 4.85. The Morgan fingerprint density at radius 3 is 2.71 bits per heavy atom. The highest BCUT2D eigenvalue weighted by Crippen LogP contribution is 2.27. The molecule has 1 heterocycles. The number of aliphatic hydroxyl groups excluding tert-OH is 1. The van der Waals surface area contributed by atoms with Gasteiger partial charge in [0.05, 0.1) is 18.3 Å². The molecule has 0 aliphatic carbocycles. The van der Waals surface area contributed by atoms with Gasteiger partial charge in [-0.2, -0.15) is 0 Å². The lowest BCUT2D eigenvalue weighted by Crippen LogP contribution is -2.22. The fourth-order valence-electron chi connectivity index (χ4n) is 3.72. The molecule has 2 N–H and O–H groups in total. The van der Waals surface area contributed by atoms with Gasteiger partial charge in [0, 0.05) is 6.61 Å². The summed E-state index contributed by atoms with van der Waals surface area (Å²) >= 11 is 0. The molecule has 1 saturated heterocycles. The molecular weight excluding hydrogens is 352 g/mol. The van der Waals surface area contributed by atoms with Crippen molar-refractivity contribution in [2.45, 2.75) is 70.6 Å². The SMILES string of the molecule is CC(C)(O)c1ccccc1CC[C@H](O)c1cccc(COC2CCCCO2)c1. The van der Waals surface area contributed by atoms with Gasteiger partial charge in [-0.15, -0.1) is 0 Å². The van der Waals surface area contributed by atoms with Crippen LogP contribution in [0.15, 0.2) is 48.5 Å². The molecule has 4 heteroatoms. The Hall–Kier alpha value is -1.72. The monoisotopic (exact) mass is 384 g/mol. The Balaban J connectivity index is 1.58. The number of ether oxygens (including phenoxy) is 2. The van der Waals surface area contributed by atoms with E-state index in [1.807, 2.05) is 48.5 Å². The molecule has 0 spiro atoms. The summed E-state index contributed by atoms with van der Waals surface area (Å²) in [5.74, 6) is 0. The van der Waals surface area contributed by atoms with Crippen LogP contribution in [-0.4, -0.2) is 23.1 Å². The van der Waals surface area contributed by atoms with Crippen molar-refractivity contribution in [1.82, 2.24) is 0 Å². The van der Waals surface area contributed by atoms with Crippen LogP contribution >= 0.6 is 0 Å². The van der Waals surface area contributed by atoms with Gasteiger partial charge in [0.15, 0.2) is 6.29 Å². The van der Waals surface area contributed by atoms with Crippen molar-refractivity contribution in [3.05, 3.63) is 70.8 Å². The Bertz CT molecular complexity index is 744. The van der Waals surface area contributed by atoms with Crippen molar-refractivity contribution in [3.63, 3.8) is 0 Å². The van der Waals surface area contributed by atoms with E-state index in [1.165, 1.54) is 0 Å². The zero-order chi connectivity index (χ0) is 20.0. The minimum absolute atomic E-state index is 0.110. The van der Waals surface area contributed by atoms with E-state index in [4.69, 9.17) is 9.47 Å². The lowest BCUT2D eigenvalue weighted by atomic mass is 9.90. The molecule has 1 aliphatic heterocycles. The molecular formula is C24H32O4. The van der Waals surface area contributed by atoms with Gasteiger partial charge in [-0.3, -0.25) is 0 Å². The third kappa shape index (κ3) is 5.89. The fraction of sp³-hybridized carbons (Fsp3) is 0.500. The first-order valence-electron chi connectivity index (χ1n) is 10.2. The van der Waals surface area contributed by atoms with Crippen molar-refractivity contribution < 1.29 is 19.7 Å². The Morgan fingerprint density at radius 1 is 1.14 bits per heavy atom. The zero-order valence-electron chi connectivity index (χ0n) is 16.9. The smallest absolute Gasteiger partial charge is 0.158 e. The molecule has 0 amide bonds. The third-order valence-electron chi connectivity index (χ3n) is 5.27. The topological polar surface area (TPSA) is 58.9 Å². The maximum atomic E-state index is 10.7. The molecule has 1 unspecified atom stereocenters. The molecule has 152 valence electrons. The lowest BCUT2D eigenvalue weighted by Gasteiger charge is -2.23. The molecule has 2 aromatic rings. The molecule has 0 bridgehead atoms. The van der Waals surface area contributed by atoms with Crippen molar-refractivity contribution in [2.75, 3.05) is 6.61 Å². The van der Waals surface area contributed by atoms with Crippen LogP contribution in [0.25, 0.3) is 0 Å². The molecule has 0 radical (unpaired) electrons. The van der Waals surface area contributed by atoms with E-state index in [2.05, 4.69) is 0 Å². The highest BCUT2D eigenvalue weighted by Gasteiger charge is 2.20. The molecule has 2 aromatic carbocycles. The number of hydrogen-bond acceptors (Lipinski definition) is 4. The average Bonchev–Trinajstić information content (AvgIpc) is 2.71. The van der Waals surface area contributed by atoms with Crippen LogP contribution < -0.4 is 0 Å². The van der Waals surface area contributed by atoms with E-state index >= 15 is 0 Å². The summed E-state index contributed by atoms with van der Waals surface area (Å²) < 4.78 is 11.5. The second kappa shape index (κ2) is 9.66. The summed E-state index contributed by atoms with van der Waals surface area (Å²) in [5.41, 5.74) is 3.04. The predicted octanol–water partition coefficient (Wildman–Crippen LogP) is 4.62. The van der Waals surface area contributed by atoms with Gasteiger partial charge < -0.3 is 19.7 Å². The quantitative estimate of drug-likeness (QED) is 0.697. The summed E-state index contributed by atoms with van der Waals surface area (Å²) in [6, 6.07) is 15.8. The molecule has 2 atom stereocenters. The molecule has 1 fully saturated rings. The van der Waals surface area contributed by atoms with Crippen LogP contribution in [0.1, 0.15) is 67.9 Å². The summed E-state index contributed by atoms with van der Waals surface area (Å²) in [4.78, 5) is 0. The molecule has 3 rings (SSSR count). The van der Waals surface area contributed by atoms with Crippen molar-refractivity contribution >= 4 is 0 Å². The van der Waals surface area contributed by atoms with Gasteiger partial charge in [-0.1, -0.05) is 48.5 Å². The first-order valence-corrected chi connectivity index (χ1v) is 10.2. The van der Waals surface area contributed by atoms with E-state index in [0.29, 0.717) is 19.4 Å². The van der Waals surface area contributed by atoms with Gasteiger partial charge >= 0.3 is 0 Å². The molecule has 0 aromatic heterocycles. The standard InChI is InChI=1S/C24H32O4/c1-24(2,26)21-11-4-3-9-19(21)13-14-22(25)20-10-7-8-18(16-20)17-28-23-12-5-6-15-27-23/h3-4,7-11,16,22-23,25-26H,5-6,12-15,17H2,1-2H3/t22-,23?/m0/s1. The minimum atomic E-state index is -0.889. The average molecular weight is 385 g/mol. The maximum absolute atomic E-state index is 10.7. The number of rotatable bonds is 8. The molecule has 1 aliphatic rings. The van der Waals surface area contributed by atoms with Gasteiger partial charge in [-0.05, 0) is 68.2 Å². The minimum Gasteiger partial charge on any atom is -0.388 e. The zero-order valence-corrected chi connectivity index (χ0v) is 16.9. The number of aliphatic hydroxyl groups is 2. The summed E-state index contributed by atoms with van der Waals surface area (Å²) in [6.07, 6.45) is 3.85. The Morgan fingerprint density at radius 2 is 1.96 bits per heavy atom. The Labute approximate surface area is 168 Å². The largest absolute Gasteiger partial charge is 0.388 e. The van der Waals surface area contributed by atoms with Crippen LogP contribution in [0.5, 0.6) is 0 Å². The van der Waals surface area contributed by atoms with E-state index in [1.54, 1.807) is 13.8 Å². The van der Waals surface area contributed by atoms with Crippen molar-refractivity contribution in [3.8, 4) is 0 Å². The van der Waals surface area contributed by atoms with Crippen LogP contribution in [0.2, 0.25) is 0 Å². The molecule has 0 saturated carbocycles. The second-order valence-corrected chi connectivity index (χ2v) is 8.12. The number of hydrogen-bond donors (Lipinski definition) is 2. The van der Waals surface area contributed by atoms with Crippen LogP contribution in [-0.2, 0) is 28.1 Å².